The van der Waals surface area contributed by atoms with Gasteiger partial charge in [0.1, 0.15) is 5.75 Å². The molecule has 3 rings (SSSR count). The van der Waals surface area contributed by atoms with E-state index in [9.17, 15) is 13.2 Å². The van der Waals surface area contributed by atoms with Gasteiger partial charge in [0.15, 0.2) is 11.0 Å². The maximum Gasteiger partial charge on any atom is 0.238 e. The van der Waals surface area contributed by atoms with Crippen molar-refractivity contribution in [3.05, 3.63) is 61.2 Å². The van der Waals surface area contributed by atoms with Crippen molar-refractivity contribution in [1.29, 1.82) is 0 Å². The van der Waals surface area contributed by atoms with Crippen molar-refractivity contribution < 1.29 is 17.9 Å². The minimum Gasteiger partial charge on any atom is -0.497 e. The first kappa shape index (κ1) is 22.5. The zero-order valence-corrected chi connectivity index (χ0v) is 18.3. The molecule has 0 unspecified atom stereocenters. The number of sulfonamides is 1. The van der Waals surface area contributed by atoms with E-state index in [1.165, 1.54) is 36.0 Å². The van der Waals surface area contributed by atoms with Crippen LogP contribution in [0.1, 0.15) is 0 Å². The molecule has 3 aromatic rings. The molecule has 9 nitrogen and oxygen atoms in total. The van der Waals surface area contributed by atoms with Crippen LogP contribution in [0.2, 0.25) is 0 Å². The van der Waals surface area contributed by atoms with Crippen LogP contribution in [0, 0.1) is 0 Å². The molecule has 1 amide bonds. The summed E-state index contributed by atoms with van der Waals surface area (Å²) in [5.74, 6) is 1.15. The van der Waals surface area contributed by atoms with Crippen molar-refractivity contribution in [3.63, 3.8) is 0 Å². The van der Waals surface area contributed by atoms with Crippen LogP contribution >= 0.6 is 11.8 Å². The quantitative estimate of drug-likeness (QED) is 0.371. The Hall–Kier alpha value is -3.15. The summed E-state index contributed by atoms with van der Waals surface area (Å²) in [5.41, 5.74) is 1.29. The van der Waals surface area contributed by atoms with Gasteiger partial charge in [0.25, 0.3) is 0 Å². The van der Waals surface area contributed by atoms with E-state index in [0.717, 1.165) is 5.56 Å². The van der Waals surface area contributed by atoms with Crippen LogP contribution in [0.4, 0.5) is 5.69 Å². The Morgan fingerprint density at radius 2 is 2.00 bits per heavy atom. The topological polar surface area (TPSA) is 129 Å². The van der Waals surface area contributed by atoms with Crippen molar-refractivity contribution >= 4 is 33.4 Å². The number of nitrogens with one attached hydrogen (secondary N) is 1. The number of methoxy groups -OCH3 is 1. The Labute approximate surface area is 184 Å². The molecule has 11 heteroatoms. The molecule has 1 heterocycles. The van der Waals surface area contributed by atoms with Gasteiger partial charge in [-0.3, -0.25) is 9.36 Å². The number of anilines is 1. The fraction of sp³-hybridized carbons (Fsp3) is 0.150. The molecule has 0 radical (unpaired) electrons. The van der Waals surface area contributed by atoms with Crippen LogP contribution in [-0.4, -0.2) is 42.0 Å². The number of carbonyl (C=O) groups excluding carboxylic acids is 1. The predicted octanol–water partition coefficient (Wildman–Crippen LogP) is 2.52. The average Bonchev–Trinajstić information content (AvgIpc) is 3.15. The van der Waals surface area contributed by atoms with Crippen molar-refractivity contribution in [2.75, 3.05) is 18.2 Å². The Bertz CT molecular complexity index is 1190. The molecule has 0 saturated heterocycles. The molecule has 0 fully saturated rings. The second-order valence-corrected chi connectivity index (χ2v) is 8.85. The molecule has 1 aromatic heterocycles. The molecule has 0 aliphatic heterocycles. The molecule has 0 atom stereocenters. The molecule has 2 aromatic carbocycles. The number of hydrogen-bond donors (Lipinski definition) is 2. The standard InChI is InChI=1S/C20H21N5O4S2/c1-3-11-25-19(14-5-4-6-16(12-14)29-2)23-24-20(25)30-13-18(26)22-15-7-9-17(10-8-15)31(21,27)28/h3-10,12H,1,11,13H2,2H3,(H,22,26)(H2,21,27,28). The number of nitrogens with two attached hydrogens (primary N) is 1. The molecule has 31 heavy (non-hydrogen) atoms. The number of allylic oxidation sites excluding steroid dienone is 1. The van der Waals surface area contributed by atoms with Gasteiger partial charge in [-0.05, 0) is 36.4 Å². The number of aromatic nitrogens is 3. The average molecular weight is 460 g/mol. The number of benzene rings is 2. The molecule has 162 valence electrons. The van der Waals surface area contributed by atoms with Crippen LogP contribution in [0.3, 0.4) is 0 Å². The SMILES string of the molecule is C=CCn1c(SCC(=O)Nc2ccc(S(N)(=O)=O)cc2)nnc1-c1cccc(OC)c1. The van der Waals surface area contributed by atoms with Gasteiger partial charge in [0.2, 0.25) is 15.9 Å². The fourth-order valence-electron chi connectivity index (χ4n) is 2.72. The maximum atomic E-state index is 12.3. The first-order valence-electron chi connectivity index (χ1n) is 9.06. The maximum absolute atomic E-state index is 12.3. The summed E-state index contributed by atoms with van der Waals surface area (Å²) in [7, 11) is -2.19. The smallest absolute Gasteiger partial charge is 0.238 e. The van der Waals surface area contributed by atoms with E-state index < -0.39 is 10.0 Å². The summed E-state index contributed by atoms with van der Waals surface area (Å²) in [6, 6.07) is 13.1. The molecule has 0 saturated carbocycles. The van der Waals surface area contributed by atoms with E-state index in [0.29, 0.717) is 29.0 Å². The Morgan fingerprint density at radius 1 is 1.26 bits per heavy atom. The summed E-state index contributed by atoms with van der Waals surface area (Å²) in [5, 5.41) is 16.8. The van der Waals surface area contributed by atoms with Gasteiger partial charge in [-0.15, -0.1) is 16.8 Å². The minimum atomic E-state index is -3.78. The van der Waals surface area contributed by atoms with Crippen molar-refractivity contribution in [2.45, 2.75) is 16.6 Å². The number of nitrogens with zero attached hydrogens (tertiary/aromatic N) is 3. The molecule has 3 N–H and O–H groups in total. The fourth-order valence-corrected chi connectivity index (χ4v) is 3.98. The van der Waals surface area contributed by atoms with Crippen LogP contribution in [0.25, 0.3) is 11.4 Å². The van der Waals surface area contributed by atoms with Gasteiger partial charge in [-0.25, -0.2) is 13.6 Å². The van der Waals surface area contributed by atoms with Gasteiger partial charge >= 0.3 is 0 Å². The lowest BCUT2D eigenvalue weighted by atomic mass is 10.2. The van der Waals surface area contributed by atoms with Crippen molar-refractivity contribution in [3.8, 4) is 17.1 Å². The minimum absolute atomic E-state index is 0.0255. The molecule has 0 spiro atoms. The number of primary sulfonamides is 1. The van der Waals surface area contributed by atoms with Gasteiger partial charge in [0, 0.05) is 17.8 Å². The normalized spacial score (nSPS) is 11.2. The molecule has 0 bridgehead atoms. The molecular formula is C20H21N5O4S2. The lowest BCUT2D eigenvalue weighted by Crippen LogP contribution is -2.15. The van der Waals surface area contributed by atoms with E-state index in [4.69, 9.17) is 9.88 Å². The highest BCUT2D eigenvalue weighted by molar-refractivity contribution is 7.99. The monoisotopic (exact) mass is 459 g/mol. The van der Waals surface area contributed by atoms with Crippen LogP contribution in [0.5, 0.6) is 5.75 Å². The third kappa shape index (κ3) is 5.72. The largest absolute Gasteiger partial charge is 0.497 e. The van der Waals surface area contributed by atoms with Crippen LogP contribution in [0.15, 0.2) is 71.2 Å². The number of thioether (sulfide) groups is 1. The summed E-state index contributed by atoms with van der Waals surface area (Å²) >= 11 is 1.23. The van der Waals surface area contributed by atoms with Gasteiger partial charge in [0.05, 0.1) is 17.8 Å². The van der Waals surface area contributed by atoms with E-state index in [2.05, 4.69) is 22.1 Å². The first-order valence-corrected chi connectivity index (χ1v) is 11.6. The first-order chi connectivity index (χ1) is 14.8. The summed E-state index contributed by atoms with van der Waals surface area (Å²) in [4.78, 5) is 12.3. The zero-order valence-electron chi connectivity index (χ0n) is 16.7. The van der Waals surface area contributed by atoms with E-state index in [-0.39, 0.29) is 16.6 Å². The number of carbonyl (C=O) groups is 1. The second-order valence-electron chi connectivity index (χ2n) is 6.34. The van der Waals surface area contributed by atoms with Crippen molar-refractivity contribution in [2.24, 2.45) is 5.14 Å². The molecular weight excluding hydrogens is 438 g/mol. The van der Waals surface area contributed by atoms with E-state index in [1.54, 1.807) is 13.2 Å². The highest BCUT2D eigenvalue weighted by Gasteiger charge is 2.16. The predicted molar refractivity (Wildman–Crippen MR) is 119 cm³/mol. The Morgan fingerprint density at radius 3 is 2.65 bits per heavy atom. The summed E-state index contributed by atoms with van der Waals surface area (Å²) in [6.45, 7) is 4.25. The van der Waals surface area contributed by atoms with E-state index in [1.807, 2.05) is 28.8 Å². The zero-order chi connectivity index (χ0) is 22.4. The highest BCUT2D eigenvalue weighted by atomic mass is 32.2. The number of rotatable bonds is 9. The third-order valence-electron chi connectivity index (χ3n) is 4.16. The van der Waals surface area contributed by atoms with Crippen LogP contribution in [-0.2, 0) is 21.4 Å². The molecule has 0 aliphatic rings. The lowest BCUT2D eigenvalue weighted by molar-refractivity contribution is -0.113. The third-order valence-corrected chi connectivity index (χ3v) is 6.05. The van der Waals surface area contributed by atoms with Gasteiger partial charge in [-0.2, -0.15) is 0 Å². The number of hydrogen-bond acceptors (Lipinski definition) is 7. The lowest BCUT2D eigenvalue weighted by Gasteiger charge is -2.09. The van der Waals surface area contributed by atoms with Gasteiger partial charge in [-0.1, -0.05) is 30.0 Å². The van der Waals surface area contributed by atoms with E-state index >= 15 is 0 Å². The summed E-state index contributed by atoms with van der Waals surface area (Å²) < 4.78 is 29.7. The van der Waals surface area contributed by atoms with Crippen molar-refractivity contribution in [1.82, 2.24) is 14.8 Å². The second kappa shape index (κ2) is 9.77. The Balaban J connectivity index is 1.70. The highest BCUT2D eigenvalue weighted by Crippen LogP contribution is 2.26. The van der Waals surface area contributed by atoms with Gasteiger partial charge < -0.3 is 10.1 Å². The Kier molecular flexibility index (Phi) is 7.10. The molecule has 0 aliphatic carbocycles. The van der Waals surface area contributed by atoms with Crippen LogP contribution < -0.4 is 15.2 Å². The summed E-state index contributed by atoms with van der Waals surface area (Å²) in [6.07, 6.45) is 1.73. The number of amides is 1. The number of ether oxygens (including phenoxy) is 1.